The van der Waals surface area contributed by atoms with Gasteiger partial charge in [-0.2, -0.15) is 22.5 Å². The fraction of sp³-hybridized carbons (Fsp3) is 0.300. The molecular formula is C20H21ClFN5O4S2. The molecule has 9 nitrogen and oxygen atoms in total. The van der Waals surface area contributed by atoms with Gasteiger partial charge in [0, 0.05) is 34.2 Å². The van der Waals surface area contributed by atoms with E-state index < -0.39 is 34.0 Å². The Balaban J connectivity index is 1.54. The Morgan fingerprint density at radius 1 is 1.39 bits per heavy atom. The van der Waals surface area contributed by atoms with Crippen molar-refractivity contribution in [3.63, 3.8) is 0 Å². The van der Waals surface area contributed by atoms with Gasteiger partial charge in [0.1, 0.15) is 11.9 Å². The van der Waals surface area contributed by atoms with Crippen LogP contribution in [0.15, 0.2) is 42.7 Å². The summed E-state index contributed by atoms with van der Waals surface area (Å²) in [5.74, 6) is -1.16. The minimum atomic E-state index is -3.92. The molecule has 13 heteroatoms. The number of hydrogen-bond acceptors (Lipinski definition) is 6. The molecule has 1 amide bonds. The maximum atomic E-state index is 13.4. The number of benzene rings is 1. The number of halogens is 2. The third-order valence-corrected chi connectivity index (χ3v) is 8.41. The van der Waals surface area contributed by atoms with Crippen LogP contribution < -0.4 is 10.0 Å². The predicted molar refractivity (Wildman–Crippen MR) is 124 cm³/mol. The van der Waals surface area contributed by atoms with Crippen LogP contribution in [0.1, 0.15) is 17.3 Å². The van der Waals surface area contributed by atoms with Gasteiger partial charge in [-0.1, -0.05) is 11.6 Å². The summed E-state index contributed by atoms with van der Waals surface area (Å²) in [7, 11) is -2.59. The molecule has 3 heterocycles. The van der Waals surface area contributed by atoms with Crippen LogP contribution in [0.4, 0.5) is 10.1 Å². The molecule has 1 fully saturated rings. The highest BCUT2D eigenvalue weighted by molar-refractivity contribution is 7.87. The molecule has 1 aliphatic rings. The maximum Gasteiger partial charge on any atom is 0.280 e. The second kappa shape index (κ2) is 9.49. The zero-order valence-corrected chi connectivity index (χ0v) is 19.8. The van der Waals surface area contributed by atoms with Gasteiger partial charge in [-0.25, -0.2) is 4.39 Å². The SMILES string of the molecule is CN1[C@H](C(=O)Nc2ccc(F)c(Cl)c2)C[C@H](c2ccc(-c3cnn(CCO)c3)s2)NS1(=O)=O. The molecule has 0 radical (unpaired) electrons. The van der Waals surface area contributed by atoms with E-state index >= 15 is 0 Å². The Kier molecular flexibility index (Phi) is 6.84. The van der Waals surface area contributed by atoms with Gasteiger partial charge < -0.3 is 10.4 Å². The summed E-state index contributed by atoms with van der Waals surface area (Å²) in [5, 5.41) is 15.7. The standard InChI is InChI=1S/C20H21ClFN5O4S2/c1-26-17(20(29)24-13-2-3-15(22)14(21)8-13)9-16(25-33(26,30)31)19-5-4-18(32-19)12-10-23-27(11-12)6-7-28/h2-5,8,10-11,16-17,25,28H,6-7,9H2,1H3,(H,24,29)/t16-,17+/m1/s1. The van der Waals surface area contributed by atoms with Crippen LogP contribution in [0.3, 0.4) is 0 Å². The number of carbonyl (C=O) groups excluding carboxylic acids is 1. The van der Waals surface area contributed by atoms with E-state index in [-0.39, 0.29) is 23.7 Å². The fourth-order valence-corrected chi connectivity index (χ4v) is 6.07. The highest BCUT2D eigenvalue weighted by atomic mass is 35.5. The number of nitrogens with one attached hydrogen (secondary N) is 2. The van der Waals surface area contributed by atoms with Crippen LogP contribution in [-0.2, 0) is 21.5 Å². The van der Waals surface area contributed by atoms with Gasteiger partial charge >= 0.3 is 0 Å². The number of thiophene rings is 1. The van der Waals surface area contributed by atoms with Crippen molar-refractivity contribution in [3.05, 3.63) is 58.4 Å². The third-order valence-electron chi connectivity index (χ3n) is 5.28. The molecule has 3 N–H and O–H groups in total. The van der Waals surface area contributed by atoms with E-state index in [1.807, 2.05) is 12.1 Å². The predicted octanol–water partition coefficient (Wildman–Crippen LogP) is 2.61. The molecule has 2 aromatic heterocycles. The zero-order chi connectivity index (χ0) is 23.8. The smallest absolute Gasteiger partial charge is 0.280 e. The zero-order valence-electron chi connectivity index (χ0n) is 17.4. The molecule has 176 valence electrons. The topological polar surface area (TPSA) is 117 Å². The average Bonchev–Trinajstić information content (AvgIpc) is 3.42. The van der Waals surface area contributed by atoms with Gasteiger partial charge in [-0.3, -0.25) is 9.48 Å². The van der Waals surface area contributed by atoms with Crippen molar-refractivity contribution in [3.8, 4) is 10.4 Å². The van der Waals surface area contributed by atoms with Crippen molar-refractivity contribution in [2.45, 2.75) is 25.0 Å². The summed E-state index contributed by atoms with van der Waals surface area (Å²) in [4.78, 5) is 14.6. The number of anilines is 1. The third kappa shape index (κ3) is 5.10. The molecule has 0 saturated carbocycles. The lowest BCUT2D eigenvalue weighted by atomic mass is 10.1. The maximum absolute atomic E-state index is 13.4. The number of amides is 1. The van der Waals surface area contributed by atoms with Crippen LogP contribution in [0.2, 0.25) is 5.02 Å². The Morgan fingerprint density at radius 3 is 2.91 bits per heavy atom. The van der Waals surface area contributed by atoms with Crippen LogP contribution >= 0.6 is 22.9 Å². The van der Waals surface area contributed by atoms with Crippen molar-refractivity contribution < 1.29 is 22.7 Å². The molecule has 0 bridgehead atoms. The van der Waals surface area contributed by atoms with Gasteiger partial charge in [0.15, 0.2) is 0 Å². The first kappa shape index (κ1) is 23.8. The minimum absolute atomic E-state index is 0.0260. The number of likely N-dealkylation sites (N-methyl/N-ethyl adjacent to an activating group) is 1. The van der Waals surface area contributed by atoms with Gasteiger partial charge in [0.05, 0.1) is 30.4 Å². The number of aliphatic hydroxyl groups excluding tert-OH is 1. The van der Waals surface area contributed by atoms with Crippen molar-refractivity contribution >= 4 is 44.7 Å². The first-order valence-electron chi connectivity index (χ1n) is 9.92. The van der Waals surface area contributed by atoms with Crippen LogP contribution in [-0.4, -0.2) is 53.2 Å². The number of nitrogens with zero attached hydrogens (tertiary/aromatic N) is 3. The van der Waals surface area contributed by atoms with Crippen molar-refractivity contribution in [2.24, 2.45) is 0 Å². The summed E-state index contributed by atoms with van der Waals surface area (Å²) in [6.45, 7) is 0.352. The van der Waals surface area contributed by atoms with E-state index in [0.717, 1.165) is 25.7 Å². The second-order valence-corrected chi connectivity index (χ2v) is 10.8. The molecule has 1 aliphatic heterocycles. The number of rotatable bonds is 6. The van der Waals surface area contributed by atoms with Gasteiger partial charge in [-0.15, -0.1) is 11.3 Å². The van der Waals surface area contributed by atoms with E-state index in [9.17, 15) is 17.6 Å². The molecular weight excluding hydrogens is 493 g/mol. The Bertz CT molecular complexity index is 1280. The first-order chi connectivity index (χ1) is 15.7. The highest BCUT2D eigenvalue weighted by Gasteiger charge is 2.41. The Morgan fingerprint density at radius 2 is 2.18 bits per heavy atom. The Labute approximate surface area is 199 Å². The van der Waals surface area contributed by atoms with Crippen LogP contribution in [0, 0.1) is 5.82 Å². The fourth-order valence-electron chi connectivity index (χ4n) is 3.51. The molecule has 3 aromatic rings. The van der Waals surface area contributed by atoms with E-state index in [0.29, 0.717) is 6.54 Å². The van der Waals surface area contributed by atoms with Crippen molar-refractivity contribution in [2.75, 3.05) is 19.0 Å². The molecule has 0 unspecified atom stereocenters. The lowest BCUT2D eigenvalue weighted by Gasteiger charge is -2.35. The van der Waals surface area contributed by atoms with E-state index in [1.165, 1.54) is 30.5 Å². The highest BCUT2D eigenvalue weighted by Crippen LogP contribution is 2.36. The quantitative estimate of drug-likeness (QED) is 0.468. The number of hydrogen-bond donors (Lipinski definition) is 3. The number of aliphatic hydroxyl groups is 1. The second-order valence-electron chi connectivity index (χ2n) is 7.48. The van der Waals surface area contributed by atoms with Crippen molar-refractivity contribution in [1.82, 2.24) is 18.8 Å². The molecule has 2 atom stereocenters. The normalized spacial score (nSPS) is 20.6. The van der Waals surface area contributed by atoms with E-state index in [1.54, 1.807) is 17.1 Å². The lowest BCUT2D eigenvalue weighted by molar-refractivity contribution is -0.120. The Hall–Kier alpha value is -2.35. The molecule has 0 spiro atoms. The van der Waals surface area contributed by atoms with Gasteiger partial charge in [0.2, 0.25) is 5.91 Å². The summed E-state index contributed by atoms with van der Waals surface area (Å²) < 4.78 is 44.1. The van der Waals surface area contributed by atoms with E-state index in [2.05, 4.69) is 15.1 Å². The summed E-state index contributed by atoms with van der Waals surface area (Å²) >= 11 is 7.17. The molecule has 4 rings (SSSR count). The largest absolute Gasteiger partial charge is 0.394 e. The number of carbonyl (C=O) groups is 1. The molecule has 1 aromatic carbocycles. The monoisotopic (exact) mass is 513 g/mol. The number of aromatic nitrogens is 2. The lowest BCUT2D eigenvalue weighted by Crippen LogP contribution is -2.55. The molecule has 1 saturated heterocycles. The summed E-state index contributed by atoms with van der Waals surface area (Å²) in [6, 6.07) is 5.84. The van der Waals surface area contributed by atoms with Crippen LogP contribution in [0.5, 0.6) is 0 Å². The minimum Gasteiger partial charge on any atom is -0.394 e. The van der Waals surface area contributed by atoms with Gasteiger partial charge in [0.25, 0.3) is 10.2 Å². The van der Waals surface area contributed by atoms with Crippen LogP contribution in [0.25, 0.3) is 10.4 Å². The average molecular weight is 514 g/mol. The molecule has 0 aliphatic carbocycles. The summed E-state index contributed by atoms with van der Waals surface area (Å²) in [5.41, 5.74) is 1.11. The first-order valence-corrected chi connectivity index (χ1v) is 12.6. The molecule has 33 heavy (non-hydrogen) atoms. The van der Waals surface area contributed by atoms with Crippen molar-refractivity contribution in [1.29, 1.82) is 0 Å². The summed E-state index contributed by atoms with van der Waals surface area (Å²) in [6.07, 6.45) is 3.67. The van der Waals surface area contributed by atoms with E-state index in [4.69, 9.17) is 16.7 Å². The van der Waals surface area contributed by atoms with Gasteiger partial charge in [-0.05, 0) is 36.8 Å².